The summed E-state index contributed by atoms with van der Waals surface area (Å²) < 4.78 is 17.5. The van der Waals surface area contributed by atoms with E-state index in [4.69, 9.17) is 19.9 Å². The van der Waals surface area contributed by atoms with E-state index in [1.807, 2.05) is 98.3 Å². The molecule has 26 heteroatoms. The van der Waals surface area contributed by atoms with Crippen molar-refractivity contribution in [3.8, 4) is 5.75 Å². The molecule has 4 heterocycles. The van der Waals surface area contributed by atoms with Crippen molar-refractivity contribution >= 4 is 70.0 Å². The molecule has 15 atom stereocenters. The summed E-state index contributed by atoms with van der Waals surface area (Å²) in [5, 5.41) is 60.5. The molecule has 512 valence electrons. The van der Waals surface area contributed by atoms with Gasteiger partial charge in [-0.05, 0) is 54.9 Å². The highest BCUT2D eigenvalue weighted by molar-refractivity contribution is 7.09. The molecule has 3 aliphatic heterocycles. The van der Waals surface area contributed by atoms with E-state index in [1.54, 1.807) is 29.1 Å². The number of nitrogens with zero attached hydrogens (tertiary/aromatic N) is 5. The second kappa shape index (κ2) is 34.0. The number of nitrogens with two attached hydrogens (primary N) is 1. The first-order valence-electron chi connectivity index (χ1n) is 32.1. The number of carboxylic acids is 1. The van der Waals surface area contributed by atoms with E-state index in [9.17, 15) is 59.1 Å². The van der Waals surface area contributed by atoms with Crippen LogP contribution in [0.15, 0.2) is 72.3 Å². The van der Waals surface area contributed by atoms with Gasteiger partial charge >= 0.3 is 5.97 Å². The zero-order valence-corrected chi connectivity index (χ0v) is 56.1. The van der Waals surface area contributed by atoms with E-state index >= 15 is 9.59 Å². The van der Waals surface area contributed by atoms with Crippen molar-refractivity contribution in [1.29, 1.82) is 0 Å². The Morgan fingerprint density at radius 3 is 2.15 bits per heavy atom. The first-order chi connectivity index (χ1) is 44.0. The molecule has 0 saturated carbocycles. The summed E-state index contributed by atoms with van der Waals surface area (Å²) in [6.45, 7) is 13.0. The summed E-state index contributed by atoms with van der Waals surface area (Å²) in [7, 11) is 6.91. The van der Waals surface area contributed by atoms with Gasteiger partial charge in [0.05, 0.1) is 43.4 Å². The molecule has 25 nitrogen and oxygen atoms in total. The van der Waals surface area contributed by atoms with Crippen molar-refractivity contribution in [3.05, 3.63) is 88.4 Å². The van der Waals surface area contributed by atoms with Gasteiger partial charge in [0.1, 0.15) is 42.4 Å². The van der Waals surface area contributed by atoms with E-state index in [0.29, 0.717) is 42.7 Å². The number of aromatic nitrogens is 1. The number of likely N-dealkylation sites (N-methyl/N-ethyl adjacent to an activating group) is 2. The Kier molecular flexibility index (Phi) is 27.5. The number of aliphatic hydroxyl groups excluding tert-OH is 4. The Balaban J connectivity index is 1.17. The number of rotatable bonds is 35. The summed E-state index contributed by atoms with van der Waals surface area (Å²) in [5.74, 6) is -8.31. The van der Waals surface area contributed by atoms with Crippen LogP contribution in [0.3, 0.4) is 0 Å². The Bertz CT molecular complexity index is 3080. The molecule has 6 amide bonds. The number of Topliss-reactive ketones (excluding diaryl/α,β-unsaturated/α-hetero) is 2. The van der Waals surface area contributed by atoms with Crippen LogP contribution in [0.25, 0.3) is 0 Å². The van der Waals surface area contributed by atoms with Crippen molar-refractivity contribution in [2.24, 2.45) is 41.2 Å². The molecule has 2 saturated heterocycles. The molecule has 0 unspecified atom stereocenters. The number of thiazole rings is 1. The Morgan fingerprint density at radius 2 is 1.57 bits per heavy atom. The number of hydrogen-bond acceptors (Lipinski definition) is 19. The van der Waals surface area contributed by atoms with Gasteiger partial charge in [0.2, 0.25) is 29.9 Å². The third kappa shape index (κ3) is 18.7. The molecule has 9 N–H and O–H groups in total. The van der Waals surface area contributed by atoms with E-state index in [-0.39, 0.29) is 108 Å². The molecule has 2 aromatic carbocycles. The molecule has 6 rings (SSSR count). The molecule has 0 spiro atoms. The maximum atomic E-state index is 15.2. The number of carbonyl (C=O) groups is 9. The molecule has 0 aliphatic carbocycles. The van der Waals surface area contributed by atoms with Gasteiger partial charge in [-0.3, -0.25) is 43.3 Å². The van der Waals surface area contributed by atoms with Crippen LogP contribution in [0.4, 0.5) is 5.69 Å². The van der Waals surface area contributed by atoms with Gasteiger partial charge in [-0.2, -0.15) is 0 Å². The number of amides is 6. The second-order valence-electron chi connectivity index (χ2n) is 26.2. The summed E-state index contributed by atoms with van der Waals surface area (Å²) in [6, 6.07) is 11.4. The van der Waals surface area contributed by atoms with Crippen LogP contribution in [0, 0.1) is 35.5 Å². The number of carbonyl (C=O) groups excluding carboxylic acids is 8. The average molecular weight is 1320 g/mol. The van der Waals surface area contributed by atoms with Gasteiger partial charge in [0.25, 0.3) is 11.8 Å². The van der Waals surface area contributed by atoms with Gasteiger partial charge in [-0.15, -0.1) is 11.3 Å². The van der Waals surface area contributed by atoms with E-state index < -0.39 is 115 Å². The summed E-state index contributed by atoms with van der Waals surface area (Å²) in [5.41, 5.74) is 7.34. The third-order valence-electron chi connectivity index (χ3n) is 18.7. The highest BCUT2D eigenvalue weighted by Gasteiger charge is 2.49. The van der Waals surface area contributed by atoms with E-state index in [2.05, 4.69) is 15.6 Å². The molecule has 3 aromatic rings. The number of quaternary nitrogens is 1. The fourth-order valence-corrected chi connectivity index (χ4v) is 14.3. The highest BCUT2D eigenvalue weighted by Crippen LogP contribution is 2.37. The quantitative estimate of drug-likeness (QED) is 0.0309. The zero-order chi connectivity index (χ0) is 68.8. The predicted octanol–water partition coefficient (Wildman–Crippen LogP) is 3.44. The molecule has 1 aromatic heterocycles. The average Bonchev–Trinajstić information content (AvgIpc) is 1.41. The summed E-state index contributed by atoms with van der Waals surface area (Å²) in [4.78, 5) is 131. The molecule has 2 fully saturated rings. The number of ether oxygens (including phenoxy) is 3. The van der Waals surface area contributed by atoms with Gasteiger partial charge in [-0.1, -0.05) is 85.2 Å². The Labute approximate surface area is 548 Å². The lowest BCUT2D eigenvalue weighted by Gasteiger charge is -2.42. The topological polar surface area (TPSA) is 355 Å². The van der Waals surface area contributed by atoms with E-state index in [0.717, 1.165) is 22.7 Å². The van der Waals surface area contributed by atoms with Gasteiger partial charge in [-0.25, -0.2) is 9.78 Å². The van der Waals surface area contributed by atoms with Crippen LogP contribution in [0.2, 0.25) is 0 Å². The fraction of sp³-hybridized carbons (Fsp3) is 0.612. The summed E-state index contributed by atoms with van der Waals surface area (Å²) >= 11 is 1.51. The number of methoxy groups -OCH3 is 1. The first kappa shape index (κ1) is 75.2. The van der Waals surface area contributed by atoms with Crippen LogP contribution in [0.5, 0.6) is 5.75 Å². The minimum Gasteiger partial charge on any atom is -0.479 e. The lowest BCUT2D eigenvalue weighted by Crippen LogP contribution is -2.61. The van der Waals surface area contributed by atoms with Crippen LogP contribution >= 0.6 is 11.3 Å². The normalized spacial score (nSPS) is 22.2. The SMILES string of the molecule is CC[C@H](C)[C@@H]([C@@H](CC(=O)N1CCC[C@H]1[C@H](CO)[C@@H](C)C(=O)C[C@@H](Cc1ccccc1)c1nccs1)OC)N(C)C(=O)[C@@H](CC(=O)[C@H](C(C)C)[N+](C)(C)Cc1ccc(O[C@@H]2O[C@H](C(=O)O)[C@@H](O)[C@H](O)[C@H]2O)c(NC(=O)CCNC(=O)[C@H](CN)N2C(=O)C=CC2=O)c1)C(C)C. The molecule has 3 aliphatic rings. The molecule has 0 bridgehead atoms. The number of aliphatic hydroxyl groups is 4. The number of likely N-dealkylation sites (tertiary alicyclic amines) is 1. The van der Waals surface area contributed by atoms with Crippen molar-refractivity contribution < 1.29 is 87.4 Å². The summed E-state index contributed by atoms with van der Waals surface area (Å²) in [6.07, 6.45) is -4.72. The van der Waals surface area contributed by atoms with Crippen molar-refractivity contribution in [2.45, 2.75) is 173 Å². The maximum Gasteiger partial charge on any atom is 0.335 e. The van der Waals surface area contributed by atoms with Crippen LogP contribution in [-0.2, 0) is 65.6 Å². The zero-order valence-electron chi connectivity index (χ0n) is 55.3. The first-order valence-corrected chi connectivity index (χ1v) is 32.9. The number of nitrogens with one attached hydrogen (secondary N) is 2. The van der Waals surface area contributed by atoms with Gasteiger partial charge < -0.3 is 70.4 Å². The Morgan fingerprint density at radius 1 is 0.892 bits per heavy atom. The largest absolute Gasteiger partial charge is 0.479 e. The monoisotopic (exact) mass is 1320 g/mol. The van der Waals surface area contributed by atoms with Crippen molar-refractivity contribution in [3.63, 3.8) is 0 Å². The number of hydrogen-bond donors (Lipinski definition) is 8. The highest BCUT2D eigenvalue weighted by atomic mass is 32.1. The van der Waals surface area contributed by atoms with Crippen LogP contribution in [0.1, 0.15) is 115 Å². The number of imide groups is 1. The lowest BCUT2D eigenvalue weighted by molar-refractivity contribution is -0.922. The van der Waals surface area contributed by atoms with Gasteiger partial charge in [0, 0.05) is 125 Å². The van der Waals surface area contributed by atoms with Crippen molar-refractivity contribution in [2.75, 3.05) is 59.8 Å². The molecule has 93 heavy (non-hydrogen) atoms. The van der Waals surface area contributed by atoms with Crippen molar-refractivity contribution in [1.82, 2.24) is 25.0 Å². The molecular formula is C67H97N8O17S+. The van der Waals surface area contributed by atoms with Gasteiger partial charge in [0.15, 0.2) is 17.9 Å². The number of benzene rings is 2. The minimum absolute atomic E-state index is 0.0121. The van der Waals surface area contributed by atoms with E-state index in [1.165, 1.54) is 30.6 Å². The van der Waals surface area contributed by atoms with Crippen LogP contribution < -0.4 is 21.1 Å². The minimum atomic E-state index is -2.02. The number of ketones is 2. The maximum absolute atomic E-state index is 15.2. The standard InChI is InChI=1S/C67H96N8O17S/c1-12-39(6)57(52(90-11)33-56(82)73-27-16-19-47(73)45(36-76)40(7)49(77)31-43(64-70-26-28-93-64)29-41-17-14-13-15-18-41)72(8)65(87)44(37(2)3)32-50(78)58(38(4)5)75(9,10)35-42-20-21-51(91-67-61(85)59(83)60(84)62(92-67)66(88)89)46(30-42)71-53(79)24-25-69-63(86)48(34-68)74-54(80)22-23-55(74)81/h13-15,17-18,20-23,26,28,30,37-40,43-45,47-48,52,57-62,67,76,83-85H,12,16,19,24-25,27,29,31-36,68H2,1-11H3,(H2-,69,71,79,86,88,89)/p+1/t39-,40+,43+,44-,45+,47-,48-,52+,57-,58-,59-,60-,61+,62-,67+/m0/s1. The number of aliphatic carboxylic acids is 1. The number of anilines is 1. The number of carboxylic acid groups (broad SMARTS) is 1. The smallest absolute Gasteiger partial charge is 0.335 e. The predicted molar refractivity (Wildman–Crippen MR) is 344 cm³/mol. The van der Waals surface area contributed by atoms with Crippen LogP contribution in [-0.4, -0.2) is 218 Å². The second-order valence-corrected chi connectivity index (χ2v) is 27.1. The Hall–Kier alpha value is -6.88. The third-order valence-corrected chi connectivity index (χ3v) is 19.6. The molecular weight excluding hydrogens is 1220 g/mol. The lowest BCUT2D eigenvalue weighted by atomic mass is 9.80. The molecule has 0 radical (unpaired) electrons. The fourth-order valence-electron chi connectivity index (χ4n) is 13.6.